The number of aromatic nitrogens is 2. The highest BCUT2D eigenvalue weighted by Crippen LogP contribution is 2.29. The smallest absolute Gasteiger partial charge is 0.150 e. The Bertz CT molecular complexity index is 760. The highest BCUT2D eigenvalue weighted by atomic mass is 14.9. The lowest BCUT2D eigenvalue weighted by atomic mass is 10.0. The molecule has 0 spiro atoms. The molecular weight excluding hydrogens is 222 g/mol. The molecule has 0 atom stereocenters. The van der Waals surface area contributed by atoms with Crippen molar-refractivity contribution in [2.24, 2.45) is 0 Å². The summed E-state index contributed by atoms with van der Waals surface area (Å²) in [6.45, 7) is 2.00. The van der Waals surface area contributed by atoms with Gasteiger partial charge in [-0.3, -0.25) is 4.98 Å². The molecule has 3 aromatic rings. The number of anilines is 1. The van der Waals surface area contributed by atoms with Gasteiger partial charge in [-0.15, -0.1) is 0 Å². The lowest BCUT2D eigenvalue weighted by Gasteiger charge is -2.08. The number of nitrogens with zero attached hydrogens (tertiary/aromatic N) is 2. The molecule has 0 aliphatic heterocycles. The minimum absolute atomic E-state index is 0.482. The second kappa shape index (κ2) is 4.11. The molecule has 2 N–H and O–H groups in total. The minimum Gasteiger partial charge on any atom is -0.382 e. The molecule has 2 aromatic heterocycles. The third kappa shape index (κ3) is 1.52. The molecule has 0 radical (unpaired) electrons. The second-order valence-electron chi connectivity index (χ2n) is 4.14. The summed E-state index contributed by atoms with van der Waals surface area (Å²) in [6, 6.07) is 9.99. The average molecular weight is 235 g/mol. The third-order valence-electron chi connectivity index (χ3n) is 2.99. The van der Waals surface area contributed by atoms with Crippen molar-refractivity contribution in [3.05, 3.63) is 48.2 Å². The average Bonchev–Trinajstić information content (AvgIpc) is 2.40. The SMILES string of the molecule is C/C=C\c1ccnc2c(N)nc3ccccc3c12. The van der Waals surface area contributed by atoms with Crippen LogP contribution in [0.3, 0.4) is 0 Å². The molecule has 0 saturated carbocycles. The fraction of sp³-hybridized carbons (Fsp3) is 0.0667. The molecule has 0 saturated heterocycles. The number of hydrogen-bond donors (Lipinski definition) is 1. The Morgan fingerprint density at radius 3 is 2.83 bits per heavy atom. The maximum absolute atomic E-state index is 5.99. The van der Waals surface area contributed by atoms with Gasteiger partial charge in [0, 0.05) is 17.0 Å². The molecule has 0 amide bonds. The summed E-state index contributed by atoms with van der Waals surface area (Å²) in [6.07, 6.45) is 5.85. The number of rotatable bonds is 1. The zero-order valence-corrected chi connectivity index (χ0v) is 10.1. The third-order valence-corrected chi connectivity index (χ3v) is 2.99. The van der Waals surface area contributed by atoms with Crippen LogP contribution in [0.1, 0.15) is 12.5 Å². The predicted octanol–water partition coefficient (Wildman–Crippen LogP) is 3.40. The van der Waals surface area contributed by atoms with Gasteiger partial charge in [-0.2, -0.15) is 0 Å². The van der Waals surface area contributed by atoms with E-state index in [0.717, 1.165) is 27.4 Å². The highest BCUT2D eigenvalue weighted by molar-refractivity contribution is 6.11. The van der Waals surface area contributed by atoms with E-state index in [1.54, 1.807) is 6.20 Å². The molecule has 3 rings (SSSR count). The van der Waals surface area contributed by atoms with Crippen molar-refractivity contribution in [1.82, 2.24) is 9.97 Å². The molecule has 18 heavy (non-hydrogen) atoms. The Labute approximate surface area is 105 Å². The predicted molar refractivity (Wildman–Crippen MR) is 76.2 cm³/mol. The van der Waals surface area contributed by atoms with Gasteiger partial charge in [-0.05, 0) is 24.6 Å². The Kier molecular flexibility index (Phi) is 2.45. The van der Waals surface area contributed by atoms with Crippen LogP contribution in [0.5, 0.6) is 0 Å². The number of nitrogen functional groups attached to an aromatic ring is 1. The molecule has 0 bridgehead atoms. The van der Waals surface area contributed by atoms with E-state index in [-0.39, 0.29) is 0 Å². The van der Waals surface area contributed by atoms with E-state index in [0.29, 0.717) is 5.82 Å². The highest BCUT2D eigenvalue weighted by Gasteiger charge is 2.09. The van der Waals surface area contributed by atoms with Gasteiger partial charge in [-0.25, -0.2) is 4.98 Å². The van der Waals surface area contributed by atoms with E-state index < -0.39 is 0 Å². The van der Waals surface area contributed by atoms with Crippen LogP contribution >= 0.6 is 0 Å². The first kappa shape index (κ1) is 10.7. The van der Waals surface area contributed by atoms with Crippen LogP contribution in [0.4, 0.5) is 5.82 Å². The Morgan fingerprint density at radius 2 is 2.00 bits per heavy atom. The summed E-state index contributed by atoms with van der Waals surface area (Å²) in [4.78, 5) is 8.75. The first-order chi connectivity index (χ1) is 8.81. The zero-order valence-electron chi connectivity index (χ0n) is 10.1. The van der Waals surface area contributed by atoms with Crippen molar-refractivity contribution in [3.8, 4) is 0 Å². The number of nitrogens with two attached hydrogens (primary N) is 1. The standard InChI is InChI=1S/C15H13N3/c1-2-5-10-8-9-17-14-13(10)11-6-3-4-7-12(11)18-15(14)16/h2-9H,1H3,(H2,16,18)/b5-2-. The van der Waals surface area contributed by atoms with Gasteiger partial charge >= 0.3 is 0 Å². The van der Waals surface area contributed by atoms with Gasteiger partial charge in [0.1, 0.15) is 5.52 Å². The van der Waals surface area contributed by atoms with E-state index in [9.17, 15) is 0 Å². The fourth-order valence-corrected chi connectivity index (χ4v) is 2.24. The molecular formula is C15H13N3. The summed E-state index contributed by atoms with van der Waals surface area (Å²) >= 11 is 0. The second-order valence-corrected chi connectivity index (χ2v) is 4.14. The van der Waals surface area contributed by atoms with Crippen LogP contribution in [0.15, 0.2) is 42.6 Å². The molecule has 2 heterocycles. The van der Waals surface area contributed by atoms with Gasteiger partial charge in [-0.1, -0.05) is 30.4 Å². The number of hydrogen-bond acceptors (Lipinski definition) is 3. The van der Waals surface area contributed by atoms with Crippen molar-refractivity contribution in [2.45, 2.75) is 6.92 Å². The molecule has 0 aliphatic carbocycles. The first-order valence-electron chi connectivity index (χ1n) is 5.87. The van der Waals surface area contributed by atoms with Crippen LogP contribution in [-0.2, 0) is 0 Å². The topological polar surface area (TPSA) is 51.8 Å². The van der Waals surface area contributed by atoms with Crippen molar-refractivity contribution in [1.29, 1.82) is 0 Å². The summed E-state index contributed by atoms with van der Waals surface area (Å²) in [5, 5.41) is 2.15. The van der Waals surface area contributed by atoms with Crippen molar-refractivity contribution < 1.29 is 0 Å². The Balaban J connectivity index is 2.59. The van der Waals surface area contributed by atoms with E-state index in [1.165, 1.54) is 0 Å². The number of fused-ring (bicyclic) bond motifs is 3. The van der Waals surface area contributed by atoms with Crippen molar-refractivity contribution in [3.63, 3.8) is 0 Å². The van der Waals surface area contributed by atoms with Gasteiger partial charge in [0.25, 0.3) is 0 Å². The molecule has 3 heteroatoms. The lowest BCUT2D eigenvalue weighted by Crippen LogP contribution is -1.96. The minimum atomic E-state index is 0.482. The fourth-order valence-electron chi connectivity index (χ4n) is 2.24. The summed E-state index contributed by atoms with van der Waals surface area (Å²) in [5.41, 5.74) is 8.78. The Morgan fingerprint density at radius 1 is 1.17 bits per heavy atom. The van der Waals surface area contributed by atoms with Crippen LogP contribution in [0.25, 0.3) is 27.9 Å². The zero-order chi connectivity index (χ0) is 12.5. The number of pyridine rings is 2. The summed E-state index contributed by atoms with van der Waals surface area (Å²) < 4.78 is 0. The maximum atomic E-state index is 5.99. The normalized spacial score (nSPS) is 11.6. The number of allylic oxidation sites excluding steroid dienone is 1. The molecule has 0 unspecified atom stereocenters. The number of benzene rings is 1. The van der Waals surface area contributed by atoms with Crippen LogP contribution in [0.2, 0.25) is 0 Å². The van der Waals surface area contributed by atoms with Crippen LogP contribution in [0, 0.1) is 0 Å². The van der Waals surface area contributed by atoms with E-state index >= 15 is 0 Å². The summed E-state index contributed by atoms with van der Waals surface area (Å²) in [5.74, 6) is 0.482. The van der Waals surface area contributed by atoms with Crippen LogP contribution in [-0.4, -0.2) is 9.97 Å². The van der Waals surface area contributed by atoms with E-state index in [1.807, 2.05) is 37.3 Å². The molecule has 1 aromatic carbocycles. The molecule has 0 aliphatic rings. The van der Waals surface area contributed by atoms with Crippen molar-refractivity contribution >= 4 is 33.7 Å². The van der Waals surface area contributed by atoms with Gasteiger partial charge in [0.15, 0.2) is 5.82 Å². The lowest BCUT2D eigenvalue weighted by molar-refractivity contribution is 1.36. The molecule has 0 fully saturated rings. The van der Waals surface area contributed by atoms with Gasteiger partial charge in [0.2, 0.25) is 0 Å². The Hall–Kier alpha value is -2.42. The van der Waals surface area contributed by atoms with E-state index in [4.69, 9.17) is 5.73 Å². The van der Waals surface area contributed by atoms with E-state index in [2.05, 4.69) is 22.1 Å². The summed E-state index contributed by atoms with van der Waals surface area (Å²) in [7, 11) is 0. The van der Waals surface area contributed by atoms with Gasteiger partial charge in [0.05, 0.1) is 5.52 Å². The van der Waals surface area contributed by atoms with Crippen molar-refractivity contribution in [2.75, 3.05) is 5.73 Å². The number of para-hydroxylation sites is 1. The maximum Gasteiger partial charge on any atom is 0.150 e. The first-order valence-corrected chi connectivity index (χ1v) is 5.87. The molecule has 3 nitrogen and oxygen atoms in total. The van der Waals surface area contributed by atoms with Gasteiger partial charge < -0.3 is 5.73 Å². The molecule has 88 valence electrons. The monoisotopic (exact) mass is 235 g/mol. The van der Waals surface area contributed by atoms with Crippen LogP contribution < -0.4 is 5.73 Å². The quantitative estimate of drug-likeness (QED) is 0.658. The largest absolute Gasteiger partial charge is 0.382 e.